The lowest BCUT2D eigenvalue weighted by Crippen LogP contribution is -2.33. The normalized spacial score (nSPS) is 13.6. The smallest absolute Gasteiger partial charge is 0.0656 e. The van der Waals surface area contributed by atoms with Gasteiger partial charge in [-0.05, 0) is 48.1 Å². The van der Waals surface area contributed by atoms with E-state index in [0.29, 0.717) is 12.1 Å². The second-order valence-corrected chi connectivity index (χ2v) is 6.69. The molecule has 1 aromatic heterocycles. The van der Waals surface area contributed by atoms with Gasteiger partial charge in [0.25, 0.3) is 0 Å². The molecular weight excluding hydrogens is 291 g/mol. The van der Waals surface area contributed by atoms with Crippen LogP contribution in [0.3, 0.4) is 0 Å². The topological polar surface area (TPSA) is 12.0 Å². The minimum absolute atomic E-state index is 0.578. The van der Waals surface area contributed by atoms with Crippen LogP contribution in [0.2, 0.25) is 0 Å². The number of halogens is 1. The summed E-state index contributed by atoms with van der Waals surface area (Å²) in [6.45, 7) is 6.62. The van der Waals surface area contributed by atoms with Crippen molar-refractivity contribution in [3.8, 4) is 0 Å². The highest BCUT2D eigenvalue weighted by atomic mass is 125. The number of hydrogen-bond donors (Lipinski definition) is 1. The Morgan fingerprint density at radius 1 is 1.38 bits per heavy atom. The molecule has 1 heterocycles. The van der Waals surface area contributed by atoms with Gasteiger partial charge in [-0.3, -0.25) is 0 Å². The summed E-state index contributed by atoms with van der Waals surface area (Å²) in [5.74, 6) is 0. The average Bonchev–Trinajstić information content (AvgIpc) is 2.33. The van der Waals surface area contributed by atoms with Crippen LogP contribution in [0, 0.1) is 2.88 Å². The van der Waals surface area contributed by atoms with E-state index >= 15 is 0 Å². The Morgan fingerprint density at radius 2 is 2.08 bits per heavy atom. The van der Waals surface area contributed by atoms with Crippen LogP contribution in [-0.4, -0.2) is 12.1 Å². The van der Waals surface area contributed by atoms with Crippen LogP contribution in [0.1, 0.15) is 25.6 Å². The molecular formula is C10H16INS. The first kappa shape index (κ1) is 11.5. The predicted octanol–water partition coefficient (Wildman–Crippen LogP) is 3.28. The minimum Gasteiger partial charge on any atom is -0.312 e. The largest absolute Gasteiger partial charge is 0.312 e. The second-order valence-electron chi connectivity index (χ2n) is 3.63. The van der Waals surface area contributed by atoms with Crippen molar-refractivity contribution in [1.29, 1.82) is 0 Å². The van der Waals surface area contributed by atoms with E-state index in [1.807, 2.05) is 11.3 Å². The summed E-state index contributed by atoms with van der Waals surface area (Å²) in [5, 5.41) is 3.50. The van der Waals surface area contributed by atoms with Crippen molar-refractivity contribution >= 4 is 33.9 Å². The summed E-state index contributed by atoms with van der Waals surface area (Å²) in [6.07, 6.45) is 1.14. The maximum Gasteiger partial charge on any atom is 0.0656 e. The Morgan fingerprint density at radius 3 is 2.54 bits per heavy atom. The first-order valence-electron chi connectivity index (χ1n) is 4.58. The Labute approximate surface area is 98.1 Å². The van der Waals surface area contributed by atoms with Gasteiger partial charge in [-0.2, -0.15) is 0 Å². The highest BCUT2D eigenvalue weighted by molar-refractivity contribution is 14.1. The zero-order chi connectivity index (χ0) is 9.84. The van der Waals surface area contributed by atoms with Gasteiger partial charge in [0.05, 0.1) is 2.88 Å². The van der Waals surface area contributed by atoms with Gasteiger partial charge >= 0.3 is 0 Å². The fourth-order valence-corrected chi connectivity index (χ4v) is 3.28. The molecule has 0 aliphatic carbocycles. The quantitative estimate of drug-likeness (QED) is 0.842. The molecule has 1 aromatic rings. The van der Waals surface area contributed by atoms with Crippen molar-refractivity contribution in [2.45, 2.75) is 39.3 Å². The molecule has 0 unspecified atom stereocenters. The van der Waals surface area contributed by atoms with Gasteiger partial charge in [0.15, 0.2) is 0 Å². The van der Waals surface area contributed by atoms with Crippen molar-refractivity contribution in [2.75, 3.05) is 0 Å². The van der Waals surface area contributed by atoms with E-state index < -0.39 is 0 Å². The molecule has 0 aliphatic heterocycles. The fraction of sp³-hybridized carbons (Fsp3) is 0.600. The van der Waals surface area contributed by atoms with Gasteiger partial charge in [0, 0.05) is 17.0 Å². The van der Waals surface area contributed by atoms with E-state index in [1.165, 1.54) is 7.76 Å². The molecule has 13 heavy (non-hydrogen) atoms. The maximum atomic E-state index is 3.50. The van der Waals surface area contributed by atoms with E-state index in [0.717, 1.165) is 6.42 Å². The molecule has 74 valence electrons. The Bertz CT molecular complexity index is 257. The van der Waals surface area contributed by atoms with Crippen molar-refractivity contribution in [2.24, 2.45) is 0 Å². The SMILES string of the molecule is CC(C)N[C@H](C)Cc1ccc([125I])s1. The van der Waals surface area contributed by atoms with Crippen LogP contribution in [0.5, 0.6) is 0 Å². The summed E-state index contributed by atoms with van der Waals surface area (Å²) in [4.78, 5) is 1.48. The third-order valence-corrected chi connectivity index (χ3v) is 3.67. The molecule has 0 fully saturated rings. The van der Waals surface area contributed by atoms with E-state index in [4.69, 9.17) is 0 Å². The van der Waals surface area contributed by atoms with Crippen molar-refractivity contribution in [3.05, 3.63) is 19.9 Å². The van der Waals surface area contributed by atoms with Crippen LogP contribution >= 0.6 is 33.9 Å². The Hall–Kier alpha value is 0.390. The average molecular weight is 307 g/mol. The van der Waals surface area contributed by atoms with Crippen LogP contribution in [-0.2, 0) is 6.42 Å². The van der Waals surface area contributed by atoms with Crippen molar-refractivity contribution in [3.63, 3.8) is 0 Å². The van der Waals surface area contributed by atoms with Crippen LogP contribution in [0.25, 0.3) is 0 Å². The van der Waals surface area contributed by atoms with E-state index in [-0.39, 0.29) is 0 Å². The van der Waals surface area contributed by atoms with Crippen molar-refractivity contribution < 1.29 is 0 Å². The van der Waals surface area contributed by atoms with Gasteiger partial charge < -0.3 is 5.32 Å². The monoisotopic (exact) mass is 307 g/mol. The molecule has 0 bridgehead atoms. The van der Waals surface area contributed by atoms with Crippen molar-refractivity contribution in [1.82, 2.24) is 5.32 Å². The van der Waals surface area contributed by atoms with Crippen LogP contribution < -0.4 is 5.32 Å². The lowest BCUT2D eigenvalue weighted by molar-refractivity contribution is 0.490. The van der Waals surface area contributed by atoms with E-state index in [9.17, 15) is 0 Å². The van der Waals surface area contributed by atoms with Crippen LogP contribution in [0.4, 0.5) is 0 Å². The lowest BCUT2D eigenvalue weighted by Gasteiger charge is -2.15. The third kappa shape index (κ3) is 4.42. The lowest BCUT2D eigenvalue weighted by atomic mass is 10.2. The summed E-state index contributed by atoms with van der Waals surface area (Å²) in [5.41, 5.74) is 0. The molecule has 0 amide bonds. The summed E-state index contributed by atoms with van der Waals surface area (Å²) >= 11 is 4.26. The molecule has 0 aromatic carbocycles. The van der Waals surface area contributed by atoms with Gasteiger partial charge in [0.1, 0.15) is 0 Å². The van der Waals surface area contributed by atoms with Crippen LogP contribution in [0.15, 0.2) is 12.1 Å². The van der Waals surface area contributed by atoms with Gasteiger partial charge in [-0.1, -0.05) is 13.8 Å². The molecule has 1 atom stereocenters. The molecule has 0 aliphatic rings. The van der Waals surface area contributed by atoms with Gasteiger partial charge in [-0.15, -0.1) is 11.3 Å². The van der Waals surface area contributed by atoms with Gasteiger partial charge in [-0.25, -0.2) is 0 Å². The predicted molar refractivity (Wildman–Crippen MR) is 68.5 cm³/mol. The molecule has 3 heteroatoms. The van der Waals surface area contributed by atoms with E-state index in [1.54, 1.807) is 0 Å². The molecule has 1 nitrogen and oxygen atoms in total. The summed E-state index contributed by atoms with van der Waals surface area (Å²) in [7, 11) is 0. The minimum atomic E-state index is 0.578. The number of rotatable bonds is 4. The maximum absolute atomic E-state index is 3.50. The Kier molecular flexibility index (Phi) is 4.69. The zero-order valence-electron chi connectivity index (χ0n) is 8.30. The number of hydrogen-bond acceptors (Lipinski definition) is 2. The molecule has 0 radical (unpaired) electrons. The molecule has 0 spiro atoms. The second kappa shape index (κ2) is 5.32. The highest BCUT2D eigenvalue weighted by Gasteiger charge is 2.06. The number of nitrogens with one attached hydrogen (secondary N) is 1. The van der Waals surface area contributed by atoms with Gasteiger partial charge in [0.2, 0.25) is 0 Å². The molecule has 1 N–H and O–H groups in total. The van der Waals surface area contributed by atoms with E-state index in [2.05, 4.69) is 60.8 Å². The third-order valence-electron chi connectivity index (χ3n) is 1.75. The zero-order valence-corrected chi connectivity index (χ0v) is 11.3. The molecule has 0 saturated heterocycles. The number of thiophene rings is 1. The standard InChI is InChI=1S/C10H16INS/c1-7(2)12-8(3)6-9-4-5-10(11)13-9/h4-5,7-8,12H,6H2,1-3H3/t8-/m1/s1/i11-2. The highest BCUT2D eigenvalue weighted by Crippen LogP contribution is 2.19. The molecule has 1 rings (SSSR count). The first-order valence-corrected chi connectivity index (χ1v) is 6.47. The molecule has 0 saturated carbocycles. The Balaban J connectivity index is 2.40. The fourth-order valence-electron chi connectivity index (χ4n) is 1.39. The summed E-state index contributed by atoms with van der Waals surface area (Å²) in [6, 6.07) is 5.57. The first-order chi connectivity index (χ1) is 6.08. The summed E-state index contributed by atoms with van der Waals surface area (Å²) < 4.78 is 1.38.